The van der Waals surface area contributed by atoms with Gasteiger partial charge in [-0.05, 0) is 12.8 Å². The minimum absolute atomic E-state index is 0.0253. The van der Waals surface area contributed by atoms with E-state index in [1.54, 1.807) is 0 Å². The average Bonchev–Trinajstić information content (AvgIpc) is 2.47. The van der Waals surface area contributed by atoms with Gasteiger partial charge in [-0.15, -0.1) is 0 Å². The molecule has 122 valence electrons. The Bertz CT molecular complexity index is 184. The zero-order valence-electron chi connectivity index (χ0n) is 14.1. The van der Waals surface area contributed by atoms with E-state index in [-0.39, 0.29) is 12.1 Å². The van der Waals surface area contributed by atoms with Crippen molar-refractivity contribution >= 4 is 0 Å². The van der Waals surface area contributed by atoms with Gasteiger partial charge < -0.3 is 10.8 Å². The van der Waals surface area contributed by atoms with E-state index in [9.17, 15) is 5.11 Å². The summed E-state index contributed by atoms with van der Waals surface area (Å²) in [6.07, 6.45) is 17.8. The zero-order valence-corrected chi connectivity index (χ0v) is 14.1. The van der Waals surface area contributed by atoms with Crippen LogP contribution in [0.3, 0.4) is 0 Å². The van der Waals surface area contributed by atoms with Gasteiger partial charge in [0.05, 0.1) is 6.10 Å². The highest BCUT2D eigenvalue weighted by molar-refractivity contribution is 4.69. The van der Waals surface area contributed by atoms with E-state index in [4.69, 9.17) is 5.73 Å². The molecule has 0 aromatic heterocycles. The molecule has 3 N–H and O–H groups in total. The van der Waals surface area contributed by atoms with Crippen molar-refractivity contribution in [2.24, 2.45) is 5.73 Å². The van der Waals surface area contributed by atoms with Crippen LogP contribution in [-0.2, 0) is 0 Å². The molecule has 0 heterocycles. The van der Waals surface area contributed by atoms with Crippen LogP contribution in [0, 0.1) is 0 Å². The van der Waals surface area contributed by atoms with E-state index >= 15 is 0 Å². The van der Waals surface area contributed by atoms with Crippen molar-refractivity contribution in [2.45, 2.75) is 116 Å². The van der Waals surface area contributed by atoms with Gasteiger partial charge >= 0.3 is 0 Å². The van der Waals surface area contributed by atoms with Crippen molar-refractivity contribution in [2.75, 3.05) is 0 Å². The first-order chi connectivity index (χ1) is 9.72. The molecule has 20 heavy (non-hydrogen) atoms. The normalized spacial score (nSPS) is 14.4. The molecule has 2 atom stereocenters. The van der Waals surface area contributed by atoms with Crippen LogP contribution in [0.5, 0.6) is 0 Å². The molecular formula is C18H39NO. The molecule has 0 saturated heterocycles. The van der Waals surface area contributed by atoms with Gasteiger partial charge in [-0.25, -0.2) is 0 Å². The summed E-state index contributed by atoms with van der Waals surface area (Å²) < 4.78 is 0. The van der Waals surface area contributed by atoms with Gasteiger partial charge in [0.2, 0.25) is 0 Å². The number of unbranched alkanes of at least 4 members (excludes halogenated alkanes) is 11. The van der Waals surface area contributed by atoms with Gasteiger partial charge in [-0.2, -0.15) is 0 Å². The van der Waals surface area contributed by atoms with Gasteiger partial charge in [0.15, 0.2) is 0 Å². The number of hydrogen-bond donors (Lipinski definition) is 2. The van der Waals surface area contributed by atoms with Gasteiger partial charge in [-0.3, -0.25) is 0 Å². The van der Waals surface area contributed by atoms with Crippen LogP contribution in [0.4, 0.5) is 0 Å². The lowest BCUT2D eigenvalue weighted by Crippen LogP contribution is -2.33. The lowest BCUT2D eigenvalue weighted by molar-refractivity contribution is 0.129. The van der Waals surface area contributed by atoms with Crippen molar-refractivity contribution in [3.63, 3.8) is 0 Å². The van der Waals surface area contributed by atoms with Gasteiger partial charge in [-0.1, -0.05) is 90.9 Å². The Morgan fingerprint density at radius 3 is 1.50 bits per heavy atom. The highest BCUT2D eigenvalue weighted by Gasteiger charge is 2.11. The van der Waals surface area contributed by atoms with Gasteiger partial charge in [0, 0.05) is 6.04 Å². The smallest absolute Gasteiger partial charge is 0.0691 e. The first-order valence-electron chi connectivity index (χ1n) is 9.16. The number of nitrogens with two attached hydrogens (primary N) is 1. The Hall–Kier alpha value is -0.0800. The highest BCUT2D eigenvalue weighted by Crippen LogP contribution is 2.13. The maximum absolute atomic E-state index is 9.75. The largest absolute Gasteiger partial charge is 0.392 e. The highest BCUT2D eigenvalue weighted by atomic mass is 16.3. The fourth-order valence-corrected chi connectivity index (χ4v) is 2.68. The third-order valence-corrected chi connectivity index (χ3v) is 4.32. The lowest BCUT2D eigenvalue weighted by Gasteiger charge is -2.16. The Morgan fingerprint density at radius 1 is 0.700 bits per heavy atom. The number of hydrogen-bond acceptors (Lipinski definition) is 2. The molecule has 0 amide bonds. The van der Waals surface area contributed by atoms with Gasteiger partial charge in [0.1, 0.15) is 0 Å². The summed E-state index contributed by atoms with van der Waals surface area (Å²) in [7, 11) is 0. The van der Waals surface area contributed by atoms with Crippen molar-refractivity contribution in [3.8, 4) is 0 Å². The second kappa shape index (κ2) is 15.3. The number of aliphatic hydroxyl groups is 1. The maximum atomic E-state index is 9.75. The molecule has 0 bridgehead atoms. The molecule has 2 unspecified atom stereocenters. The Balaban J connectivity index is 3.10. The van der Waals surface area contributed by atoms with Gasteiger partial charge in [0.25, 0.3) is 0 Å². The topological polar surface area (TPSA) is 46.2 Å². The second-order valence-electron chi connectivity index (χ2n) is 6.32. The maximum Gasteiger partial charge on any atom is 0.0691 e. The van der Waals surface area contributed by atoms with Crippen LogP contribution in [0.15, 0.2) is 0 Å². The lowest BCUT2D eigenvalue weighted by atomic mass is 10.0. The molecule has 2 nitrogen and oxygen atoms in total. The molecule has 0 aliphatic heterocycles. The summed E-state index contributed by atoms with van der Waals surface area (Å²) in [6.45, 7) is 4.31. The van der Waals surface area contributed by atoms with Crippen LogP contribution in [-0.4, -0.2) is 17.3 Å². The quantitative estimate of drug-likeness (QED) is 0.407. The summed E-state index contributed by atoms with van der Waals surface area (Å²) in [5.41, 5.74) is 5.81. The summed E-state index contributed by atoms with van der Waals surface area (Å²) in [6, 6.07) is -0.0253. The summed E-state index contributed by atoms with van der Waals surface area (Å²) >= 11 is 0. The van der Waals surface area contributed by atoms with Crippen LogP contribution < -0.4 is 5.73 Å². The summed E-state index contributed by atoms with van der Waals surface area (Å²) in [4.78, 5) is 0. The van der Waals surface area contributed by atoms with E-state index in [0.29, 0.717) is 0 Å². The second-order valence-corrected chi connectivity index (χ2v) is 6.32. The number of aliphatic hydroxyl groups excluding tert-OH is 1. The van der Waals surface area contributed by atoms with Crippen LogP contribution in [0.1, 0.15) is 104 Å². The molecule has 0 saturated carbocycles. The molecule has 0 aromatic rings. The number of rotatable bonds is 15. The monoisotopic (exact) mass is 285 g/mol. The fourth-order valence-electron chi connectivity index (χ4n) is 2.68. The molecule has 0 aromatic carbocycles. The predicted octanol–water partition coefficient (Wildman–Crippen LogP) is 5.18. The van der Waals surface area contributed by atoms with E-state index in [2.05, 4.69) is 6.92 Å². The molecular weight excluding hydrogens is 246 g/mol. The van der Waals surface area contributed by atoms with Crippen LogP contribution in [0.2, 0.25) is 0 Å². The average molecular weight is 286 g/mol. The minimum Gasteiger partial charge on any atom is -0.392 e. The van der Waals surface area contributed by atoms with E-state index in [1.165, 1.54) is 70.6 Å². The third kappa shape index (κ3) is 12.9. The standard InChI is InChI=1S/C18H39NO/c1-3-5-6-7-8-9-10-11-12-13-14-15-16-18(20)17(19)4-2/h17-18,20H,3-16,19H2,1-2H3. The SMILES string of the molecule is CCCCCCCCCCCCCCC(O)C(N)CC. The van der Waals surface area contributed by atoms with E-state index in [1.807, 2.05) is 6.92 Å². The molecule has 0 spiro atoms. The Morgan fingerprint density at radius 2 is 1.10 bits per heavy atom. The van der Waals surface area contributed by atoms with Crippen molar-refractivity contribution < 1.29 is 5.11 Å². The van der Waals surface area contributed by atoms with E-state index < -0.39 is 0 Å². The first-order valence-corrected chi connectivity index (χ1v) is 9.16. The van der Waals surface area contributed by atoms with Crippen molar-refractivity contribution in [3.05, 3.63) is 0 Å². The first kappa shape index (κ1) is 19.9. The van der Waals surface area contributed by atoms with Crippen molar-refractivity contribution in [1.29, 1.82) is 0 Å². The Kier molecular flexibility index (Phi) is 15.3. The summed E-state index contributed by atoms with van der Waals surface area (Å²) in [5.74, 6) is 0. The summed E-state index contributed by atoms with van der Waals surface area (Å²) in [5, 5.41) is 9.75. The molecule has 0 rings (SSSR count). The molecule has 2 heteroatoms. The van der Waals surface area contributed by atoms with Crippen LogP contribution >= 0.6 is 0 Å². The molecule has 0 aliphatic carbocycles. The van der Waals surface area contributed by atoms with E-state index in [0.717, 1.165) is 19.3 Å². The molecule has 0 radical (unpaired) electrons. The Labute approximate surface area is 127 Å². The third-order valence-electron chi connectivity index (χ3n) is 4.32. The van der Waals surface area contributed by atoms with Crippen molar-refractivity contribution in [1.82, 2.24) is 0 Å². The van der Waals surface area contributed by atoms with Crippen LogP contribution in [0.25, 0.3) is 0 Å². The molecule has 0 aliphatic rings. The molecule has 0 fully saturated rings. The minimum atomic E-state index is -0.289. The fraction of sp³-hybridized carbons (Fsp3) is 1.00. The predicted molar refractivity (Wildman–Crippen MR) is 90.0 cm³/mol. The zero-order chi connectivity index (χ0) is 15.1.